The molecule has 1 aromatic rings. The molecular weight excluding hydrogens is 323 g/mol. The van der Waals surface area contributed by atoms with Crippen LogP contribution in [0.1, 0.15) is 74.8 Å². The van der Waals surface area contributed by atoms with Gasteiger partial charge < -0.3 is 11.4 Å². The Balaban J connectivity index is 0.000000192. The van der Waals surface area contributed by atoms with E-state index in [9.17, 15) is 0 Å². The number of hydrogen-bond acceptors (Lipinski definition) is 2. The molecule has 0 aliphatic heterocycles. The standard InChI is InChI=1S/C9H17.C8H10NO.Y/c1-2-6-9-7-4-3-5-8-9;1-6-7-4-2-3-5-8(7)10-9-6;/h9H,1-8H2;1-5H2;/q2*-1;. The average Bonchev–Trinajstić information content (AvgIpc) is 2.84. The molecule has 20 heavy (non-hydrogen) atoms. The van der Waals surface area contributed by atoms with Crippen LogP contribution in [0, 0.1) is 19.8 Å². The average molecular weight is 350 g/mol. The maximum absolute atomic E-state index is 5.07. The number of aryl methyl sites for hydroxylation is 1. The van der Waals surface area contributed by atoms with Crippen molar-refractivity contribution in [3.8, 4) is 0 Å². The van der Waals surface area contributed by atoms with Crippen molar-refractivity contribution in [2.75, 3.05) is 0 Å². The molecule has 1 aromatic heterocycles. The van der Waals surface area contributed by atoms with E-state index in [2.05, 4.69) is 19.0 Å². The fourth-order valence-corrected chi connectivity index (χ4v) is 3.21. The summed E-state index contributed by atoms with van der Waals surface area (Å²) in [5.41, 5.74) is 2.10. The molecule has 111 valence electrons. The molecule has 1 heterocycles. The maximum Gasteiger partial charge on any atom is 0.0606 e. The topological polar surface area (TPSA) is 26.0 Å². The summed E-state index contributed by atoms with van der Waals surface area (Å²) < 4.78 is 5.07. The third-order valence-electron chi connectivity index (χ3n) is 4.37. The van der Waals surface area contributed by atoms with Gasteiger partial charge in [0.25, 0.3) is 0 Å². The molecule has 0 spiro atoms. The third-order valence-corrected chi connectivity index (χ3v) is 4.37. The van der Waals surface area contributed by atoms with E-state index in [-0.39, 0.29) is 32.7 Å². The van der Waals surface area contributed by atoms with Crippen molar-refractivity contribution in [1.82, 2.24) is 5.16 Å². The van der Waals surface area contributed by atoms with Gasteiger partial charge >= 0.3 is 0 Å². The van der Waals surface area contributed by atoms with E-state index in [0.29, 0.717) is 0 Å². The summed E-state index contributed by atoms with van der Waals surface area (Å²) in [4.78, 5) is 0. The summed E-state index contributed by atoms with van der Waals surface area (Å²) in [5.74, 6) is 2.10. The summed E-state index contributed by atoms with van der Waals surface area (Å²) in [6.07, 6.45) is 14.6. The SMILES string of the molecule is [CH2-]CCC1CCCCC1.[CH2-]c1noc2c1CCCC2.[Y]. The minimum absolute atomic E-state index is 0. The van der Waals surface area contributed by atoms with Crippen LogP contribution in [-0.4, -0.2) is 5.16 Å². The molecule has 1 radical (unpaired) electrons. The van der Waals surface area contributed by atoms with E-state index in [0.717, 1.165) is 36.6 Å². The van der Waals surface area contributed by atoms with Crippen LogP contribution in [0.3, 0.4) is 0 Å². The Kier molecular flexibility index (Phi) is 9.12. The van der Waals surface area contributed by atoms with Crippen molar-refractivity contribution in [1.29, 1.82) is 0 Å². The molecule has 1 saturated carbocycles. The van der Waals surface area contributed by atoms with Crippen LogP contribution < -0.4 is 0 Å². The molecule has 3 rings (SSSR count). The zero-order valence-corrected chi connectivity index (χ0v) is 15.5. The van der Waals surface area contributed by atoms with Crippen molar-refractivity contribution in [3.63, 3.8) is 0 Å². The number of aromatic nitrogens is 1. The number of fused-ring (bicyclic) bond motifs is 1. The largest absolute Gasteiger partial charge is 0.383 e. The van der Waals surface area contributed by atoms with Crippen LogP contribution >= 0.6 is 0 Å². The molecule has 2 aliphatic carbocycles. The van der Waals surface area contributed by atoms with Crippen molar-refractivity contribution in [2.24, 2.45) is 5.92 Å². The molecule has 0 N–H and O–H groups in total. The monoisotopic (exact) mass is 350 g/mol. The number of rotatable bonds is 2. The van der Waals surface area contributed by atoms with Gasteiger partial charge in [-0.05, 0) is 18.8 Å². The molecule has 0 unspecified atom stereocenters. The second-order valence-corrected chi connectivity index (χ2v) is 5.88. The Morgan fingerprint density at radius 3 is 2.40 bits per heavy atom. The van der Waals surface area contributed by atoms with Crippen molar-refractivity contribution in [3.05, 3.63) is 30.9 Å². The van der Waals surface area contributed by atoms with E-state index in [1.54, 1.807) is 0 Å². The molecular formula is C17H27NOY-2. The maximum atomic E-state index is 5.07. The molecule has 2 aliphatic rings. The van der Waals surface area contributed by atoms with Gasteiger partial charge in [0, 0.05) is 32.7 Å². The van der Waals surface area contributed by atoms with E-state index in [1.165, 1.54) is 56.9 Å². The predicted molar refractivity (Wildman–Crippen MR) is 78.8 cm³/mol. The van der Waals surface area contributed by atoms with Gasteiger partial charge in [0.2, 0.25) is 0 Å². The first-order chi connectivity index (χ1) is 9.31. The van der Waals surface area contributed by atoms with Crippen LogP contribution in [0.15, 0.2) is 4.52 Å². The first-order valence-corrected chi connectivity index (χ1v) is 7.90. The molecule has 0 aromatic carbocycles. The number of nitrogens with zero attached hydrogens (tertiary/aromatic N) is 1. The zero-order chi connectivity index (χ0) is 13.5. The molecule has 0 atom stereocenters. The van der Waals surface area contributed by atoms with Crippen molar-refractivity contribution in [2.45, 2.75) is 70.6 Å². The Hall–Kier alpha value is 0.184. The van der Waals surface area contributed by atoms with Gasteiger partial charge in [0.15, 0.2) is 0 Å². The van der Waals surface area contributed by atoms with Crippen LogP contribution in [0.25, 0.3) is 0 Å². The fraction of sp³-hybridized carbons (Fsp3) is 0.706. The summed E-state index contributed by atoms with van der Waals surface area (Å²) in [6.45, 7) is 7.67. The van der Waals surface area contributed by atoms with Gasteiger partial charge in [-0.25, -0.2) is 6.92 Å². The zero-order valence-electron chi connectivity index (χ0n) is 12.7. The van der Waals surface area contributed by atoms with Gasteiger partial charge in [-0.15, -0.1) is 10.7 Å². The number of hydrogen-bond donors (Lipinski definition) is 0. The van der Waals surface area contributed by atoms with Crippen molar-refractivity contribution >= 4 is 0 Å². The molecule has 0 amide bonds. The first kappa shape index (κ1) is 18.2. The summed E-state index contributed by atoms with van der Waals surface area (Å²) in [5, 5.41) is 3.81. The van der Waals surface area contributed by atoms with Gasteiger partial charge in [-0.2, -0.15) is 6.42 Å². The van der Waals surface area contributed by atoms with Crippen LogP contribution in [0.4, 0.5) is 0 Å². The van der Waals surface area contributed by atoms with E-state index < -0.39 is 0 Å². The molecule has 0 bridgehead atoms. The second-order valence-electron chi connectivity index (χ2n) is 5.88. The summed E-state index contributed by atoms with van der Waals surface area (Å²) in [7, 11) is 0. The van der Waals surface area contributed by atoms with Crippen LogP contribution in [0.2, 0.25) is 0 Å². The quantitative estimate of drug-likeness (QED) is 0.708. The Labute approximate surface area is 149 Å². The molecule has 2 nitrogen and oxygen atoms in total. The predicted octanol–water partition coefficient (Wildman–Crippen LogP) is 4.91. The molecule has 0 saturated heterocycles. The fourth-order valence-electron chi connectivity index (χ4n) is 3.21. The Morgan fingerprint density at radius 2 is 1.75 bits per heavy atom. The Morgan fingerprint density at radius 1 is 1.05 bits per heavy atom. The summed E-state index contributed by atoms with van der Waals surface area (Å²) in [6, 6.07) is 0. The van der Waals surface area contributed by atoms with Crippen LogP contribution in [-0.2, 0) is 45.6 Å². The normalized spacial score (nSPS) is 18.4. The van der Waals surface area contributed by atoms with Gasteiger partial charge in [0.05, 0.1) is 5.76 Å². The Bertz CT molecular complexity index is 366. The minimum Gasteiger partial charge on any atom is -0.383 e. The van der Waals surface area contributed by atoms with E-state index >= 15 is 0 Å². The third kappa shape index (κ3) is 5.52. The van der Waals surface area contributed by atoms with Crippen molar-refractivity contribution < 1.29 is 37.2 Å². The first-order valence-electron chi connectivity index (χ1n) is 7.90. The smallest absolute Gasteiger partial charge is 0.0606 e. The molecule has 3 heteroatoms. The van der Waals surface area contributed by atoms with Gasteiger partial charge in [-0.3, -0.25) is 0 Å². The second kappa shape index (κ2) is 10.0. The van der Waals surface area contributed by atoms with Gasteiger partial charge in [-0.1, -0.05) is 57.1 Å². The van der Waals surface area contributed by atoms with Crippen LogP contribution in [0.5, 0.6) is 0 Å². The summed E-state index contributed by atoms with van der Waals surface area (Å²) >= 11 is 0. The van der Waals surface area contributed by atoms with Gasteiger partial charge in [0.1, 0.15) is 0 Å². The van der Waals surface area contributed by atoms with E-state index in [1.807, 2.05) is 0 Å². The van der Waals surface area contributed by atoms with E-state index in [4.69, 9.17) is 4.52 Å². The molecule has 1 fully saturated rings. The minimum atomic E-state index is 0.